The largest absolute Gasteiger partial charge is 0.496 e. The van der Waals surface area contributed by atoms with Crippen LogP contribution in [0.15, 0.2) is 59.8 Å². The smallest absolute Gasteiger partial charge is 0.306 e. The van der Waals surface area contributed by atoms with Gasteiger partial charge in [-0.2, -0.15) is 0 Å². The van der Waals surface area contributed by atoms with Crippen LogP contribution >= 0.6 is 11.8 Å². The highest BCUT2D eigenvalue weighted by Crippen LogP contribution is 2.33. The van der Waals surface area contributed by atoms with Gasteiger partial charge in [-0.25, -0.2) is 0 Å². The molecule has 0 spiro atoms. The minimum Gasteiger partial charge on any atom is -0.496 e. The number of benzene rings is 2. The molecule has 0 amide bonds. The lowest BCUT2D eigenvalue weighted by Crippen LogP contribution is -2.05. The number of esters is 1. The molecule has 0 atom stereocenters. The molecule has 0 unspecified atom stereocenters. The number of para-hydroxylation sites is 2. The lowest BCUT2D eigenvalue weighted by molar-refractivity contribution is -0.142. The SMILES string of the molecule is CCOC(=O)CCSc1nnc(-c2ccccc2OC)n1-c1ccccc1. The molecular weight excluding hydrogens is 362 g/mol. The molecule has 1 heterocycles. The van der Waals surface area contributed by atoms with Gasteiger partial charge in [0, 0.05) is 11.4 Å². The Hall–Kier alpha value is -2.80. The Morgan fingerprint density at radius 1 is 1.07 bits per heavy atom. The molecule has 0 fully saturated rings. The molecule has 0 N–H and O–H groups in total. The highest BCUT2D eigenvalue weighted by atomic mass is 32.2. The van der Waals surface area contributed by atoms with Gasteiger partial charge in [-0.05, 0) is 31.2 Å². The van der Waals surface area contributed by atoms with Crippen LogP contribution in [0.3, 0.4) is 0 Å². The molecule has 1 aromatic heterocycles. The van der Waals surface area contributed by atoms with Gasteiger partial charge in [0.05, 0.1) is 25.7 Å². The number of nitrogens with zero attached hydrogens (tertiary/aromatic N) is 3. The molecule has 0 aliphatic heterocycles. The zero-order valence-corrected chi connectivity index (χ0v) is 16.1. The van der Waals surface area contributed by atoms with Gasteiger partial charge < -0.3 is 9.47 Å². The average molecular weight is 383 g/mol. The molecule has 2 aromatic carbocycles. The number of aromatic nitrogens is 3. The average Bonchev–Trinajstić information content (AvgIpc) is 3.12. The molecule has 0 saturated heterocycles. The molecule has 0 aliphatic carbocycles. The Balaban J connectivity index is 1.95. The highest BCUT2D eigenvalue weighted by molar-refractivity contribution is 7.99. The second kappa shape index (κ2) is 9.23. The number of hydrogen-bond donors (Lipinski definition) is 0. The number of thioether (sulfide) groups is 1. The fourth-order valence-corrected chi connectivity index (χ4v) is 3.51. The highest BCUT2D eigenvalue weighted by Gasteiger charge is 2.19. The lowest BCUT2D eigenvalue weighted by atomic mass is 10.2. The second-order valence-corrected chi connectivity index (χ2v) is 6.64. The summed E-state index contributed by atoms with van der Waals surface area (Å²) in [7, 11) is 1.64. The fourth-order valence-electron chi connectivity index (χ4n) is 2.64. The van der Waals surface area contributed by atoms with Crippen molar-refractivity contribution >= 4 is 17.7 Å². The Bertz CT molecular complexity index is 896. The third-order valence-corrected chi connectivity index (χ3v) is 4.77. The standard InChI is InChI=1S/C20H21N3O3S/c1-3-26-18(24)13-14-27-20-22-21-19(16-11-7-8-12-17(16)25-2)23(20)15-9-5-4-6-10-15/h4-12H,3,13-14H2,1-2H3. The van der Waals surface area contributed by atoms with E-state index in [1.165, 1.54) is 11.8 Å². The van der Waals surface area contributed by atoms with Crippen molar-refractivity contribution in [2.45, 2.75) is 18.5 Å². The monoisotopic (exact) mass is 383 g/mol. The normalized spacial score (nSPS) is 10.6. The summed E-state index contributed by atoms with van der Waals surface area (Å²) in [6.07, 6.45) is 0.324. The van der Waals surface area contributed by atoms with Crippen LogP contribution in [0.2, 0.25) is 0 Å². The zero-order valence-electron chi connectivity index (χ0n) is 15.3. The predicted molar refractivity (Wildman–Crippen MR) is 105 cm³/mol. The first-order chi connectivity index (χ1) is 13.2. The van der Waals surface area contributed by atoms with Gasteiger partial charge in [0.15, 0.2) is 11.0 Å². The molecule has 3 rings (SSSR count). The predicted octanol–water partition coefficient (Wildman–Crippen LogP) is 3.99. The van der Waals surface area contributed by atoms with Crippen molar-refractivity contribution in [1.82, 2.24) is 14.8 Å². The van der Waals surface area contributed by atoms with Gasteiger partial charge in [-0.1, -0.05) is 42.1 Å². The topological polar surface area (TPSA) is 66.2 Å². The van der Waals surface area contributed by atoms with E-state index in [1.54, 1.807) is 14.0 Å². The van der Waals surface area contributed by atoms with E-state index in [2.05, 4.69) is 10.2 Å². The number of carbonyl (C=O) groups is 1. The Labute approximate surface area is 162 Å². The van der Waals surface area contributed by atoms with Crippen LogP contribution in [0, 0.1) is 0 Å². The molecule has 3 aromatic rings. The fraction of sp³-hybridized carbons (Fsp3) is 0.250. The first kappa shape index (κ1) is 19.0. The Morgan fingerprint density at radius 3 is 2.56 bits per heavy atom. The third kappa shape index (κ3) is 4.49. The van der Waals surface area contributed by atoms with E-state index in [-0.39, 0.29) is 5.97 Å². The maximum Gasteiger partial charge on any atom is 0.306 e. The minimum absolute atomic E-state index is 0.208. The molecular formula is C20H21N3O3S. The summed E-state index contributed by atoms with van der Waals surface area (Å²) in [6.45, 7) is 2.19. The Morgan fingerprint density at radius 2 is 1.81 bits per heavy atom. The van der Waals surface area contributed by atoms with Crippen LogP contribution in [0.25, 0.3) is 17.1 Å². The van der Waals surface area contributed by atoms with Crippen molar-refractivity contribution in [2.24, 2.45) is 0 Å². The van der Waals surface area contributed by atoms with Gasteiger partial charge in [0.2, 0.25) is 0 Å². The summed E-state index contributed by atoms with van der Waals surface area (Å²) < 4.78 is 12.5. The van der Waals surface area contributed by atoms with E-state index in [0.717, 1.165) is 17.0 Å². The summed E-state index contributed by atoms with van der Waals surface area (Å²) in [5.74, 6) is 1.78. The van der Waals surface area contributed by atoms with Gasteiger partial charge in [0.1, 0.15) is 5.75 Å². The van der Waals surface area contributed by atoms with Gasteiger partial charge in [-0.3, -0.25) is 9.36 Å². The molecule has 27 heavy (non-hydrogen) atoms. The molecule has 140 valence electrons. The zero-order chi connectivity index (χ0) is 19.1. The van der Waals surface area contributed by atoms with E-state index in [1.807, 2.05) is 59.2 Å². The van der Waals surface area contributed by atoms with E-state index >= 15 is 0 Å². The van der Waals surface area contributed by atoms with E-state index in [0.29, 0.717) is 29.8 Å². The molecule has 0 bridgehead atoms. The van der Waals surface area contributed by atoms with Crippen LogP contribution in [0.4, 0.5) is 0 Å². The van der Waals surface area contributed by atoms with Crippen LogP contribution in [0.5, 0.6) is 5.75 Å². The summed E-state index contributed by atoms with van der Waals surface area (Å²) in [4.78, 5) is 11.6. The van der Waals surface area contributed by atoms with E-state index in [9.17, 15) is 4.79 Å². The van der Waals surface area contributed by atoms with E-state index in [4.69, 9.17) is 9.47 Å². The number of rotatable bonds is 8. The quantitative estimate of drug-likeness (QED) is 0.433. The molecule has 0 radical (unpaired) electrons. The van der Waals surface area contributed by atoms with Crippen LogP contribution < -0.4 is 4.74 Å². The number of hydrogen-bond acceptors (Lipinski definition) is 6. The van der Waals surface area contributed by atoms with Crippen LogP contribution in [0.1, 0.15) is 13.3 Å². The number of ether oxygens (including phenoxy) is 2. The van der Waals surface area contributed by atoms with Crippen molar-refractivity contribution in [3.63, 3.8) is 0 Å². The van der Waals surface area contributed by atoms with Gasteiger partial charge in [0.25, 0.3) is 0 Å². The van der Waals surface area contributed by atoms with Crippen molar-refractivity contribution < 1.29 is 14.3 Å². The van der Waals surface area contributed by atoms with Crippen molar-refractivity contribution in [3.8, 4) is 22.8 Å². The van der Waals surface area contributed by atoms with Crippen molar-refractivity contribution in [1.29, 1.82) is 0 Å². The summed E-state index contributed by atoms with van der Waals surface area (Å²) in [5, 5.41) is 9.47. The van der Waals surface area contributed by atoms with Gasteiger partial charge in [-0.15, -0.1) is 10.2 Å². The first-order valence-corrected chi connectivity index (χ1v) is 9.65. The second-order valence-electron chi connectivity index (χ2n) is 5.58. The molecule has 0 aliphatic rings. The Kier molecular flexibility index (Phi) is 6.49. The molecule has 6 nitrogen and oxygen atoms in total. The summed E-state index contributed by atoms with van der Waals surface area (Å²) >= 11 is 1.47. The van der Waals surface area contributed by atoms with Crippen molar-refractivity contribution in [2.75, 3.05) is 19.5 Å². The first-order valence-electron chi connectivity index (χ1n) is 8.67. The summed E-state index contributed by atoms with van der Waals surface area (Å²) in [6, 6.07) is 17.6. The third-order valence-electron chi connectivity index (χ3n) is 3.84. The molecule has 7 heteroatoms. The van der Waals surface area contributed by atoms with Gasteiger partial charge >= 0.3 is 5.97 Å². The maximum atomic E-state index is 11.6. The molecule has 0 saturated carbocycles. The maximum absolute atomic E-state index is 11.6. The number of methoxy groups -OCH3 is 1. The van der Waals surface area contributed by atoms with Crippen LogP contribution in [-0.2, 0) is 9.53 Å². The van der Waals surface area contributed by atoms with E-state index < -0.39 is 0 Å². The minimum atomic E-state index is -0.208. The number of carbonyl (C=O) groups excluding carboxylic acids is 1. The van der Waals surface area contributed by atoms with Crippen molar-refractivity contribution in [3.05, 3.63) is 54.6 Å². The lowest BCUT2D eigenvalue weighted by Gasteiger charge is -2.12. The summed E-state index contributed by atoms with van der Waals surface area (Å²) in [5.41, 5.74) is 1.80. The van der Waals surface area contributed by atoms with Crippen LogP contribution in [-0.4, -0.2) is 40.2 Å².